The van der Waals surface area contributed by atoms with Crippen molar-refractivity contribution in [3.8, 4) is 0 Å². The molecule has 0 heterocycles. The monoisotopic (exact) mass is 597 g/mol. The van der Waals surface area contributed by atoms with Gasteiger partial charge in [-0.05, 0) is 36.8 Å². The summed E-state index contributed by atoms with van der Waals surface area (Å²) in [5.74, 6) is -0.181. The van der Waals surface area contributed by atoms with Gasteiger partial charge < -0.3 is 16.0 Å². The third-order valence-corrected chi connectivity index (χ3v) is 7.11. The van der Waals surface area contributed by atoms with Crippen molar-refractivity contribution in [2.24, 2.45) is 0 Å². The molecule has 9 heteroatoms. The van der Waals surface area contributed by atoms with E-state index in [1.807, 2.05) is 0 Å². The molecular formula is C27H43Cl4N3OS. The highest BCUT2D eigenvalue weighted by Crippen LogP contribution is 2.29. The zero-order valence-corrected chi connectivity index (χ0v) is 25.4. The lowest BCUT2D eigenvalue weighted by molar-refractivity contribution is -0.122. The third kappa shape index (κ3) is 17.9. The van der Waals surface area contributed by atoms with Crippen molar-refractivity contribution in [3.05, 3.63) is 29.3 Å². The molecule has 0 aliphatic rings. The number of thiocarbonyl (C=S) groups is 1. The second-order valence-corrected chi connectivity index (χ2v) is 12.6. The maximum atomic E-state index is 12.4. The number of carbonyl (C=O) groups excluding carboxylic acids is 1. The molecule has 1 aromatic rings. The minimum Gasteiger partial charge on any atom is -0.339 e. The SMILES string of the molecule is CCCCCCCCCCCCCCCCCC(=O)N[C@@H](NC(=S)Nc1cccc(Cl)c1)C(Cl)(Cl)Cl. The second kappa shape index (κ2) is 20.5. The van der Waals surface area contributed by atoms with E-state index in [1.54, 1.807) is 24.3 Å². The maximum absolute atomic E-state index is 12.4. The molecular weight excluding hydrogens is 556 g/mol. The lowest BCUT2D eigenvalue weighted by Crippen LogP contribution is -2.56. The van der Waals surface area contributed by atoms with Crippen LogP contribution in [0.15, 0.2) is 24.3 Å². The first-order valence-corrected chi connectivity index (χ1v) is 15.3. The van der Waals surface area contributed by atoms with Crippen LogP contribution in [0.4, 0.5) is 5.69 Å². The Kier molecular flexibility index (Phi) is 19.1. The molecule has 3 N–H and O–H groups in total. The van der Waals surface area contributed by atoms with Crippen LogP contribution in [0.2, 0.25) is 5.02 Å². The molecule has 0 saturated heterocycles. The fraction of sp³-hybridized carbons (Fsp3) is 0.704. The molecule has 0 aromatic heterocycles. The molecule has 0 spiro atoms. The largest absolute Gasteiger partial charge is 0.339 e. The smallest absolute Gasteiger partial charge is 0.228 e. The van der Waals surface area contributed by atoms with Crippen LogP contribution in [0.1, 0.15) is 110 Å². The van der Waals surface area contributed by atoms with E-state index in [9.17, 15) is 4.79 Å². The number of benzene rings is 1. The zero-order valence-electron chi connectivity index (χ0n) is 21.5. The van der Waals surface area contributed by atoms with Crippen molar-refractivity contribution in [1.82, 2.24) is 10.6 Å². The topological polar surface area (TPSA) is 53.2 Å². The summed E-state index contributed by atoms with van der Waals surface area (Å²) in [4.78, 5) is 12.4. The molecule has 1 aromatic carbocycles. The summed E-state index contributed by atoms with van der Waals surface area (Å²) >= 11 is 29.5. The van der Waals surface area contributed by atoms with Gasteiger partial charge in [0, 0.05) is 17.1 Å². The fourth-order valence-electron chi connectivity index (χ4n) is 3.95. The van der Waals surface area contributed by atoms with Gasteiger partial charge in [0.05, 0.1) is 0 Å². The Labute approximate surface area is 243 Å². The molecule has 1 atom stereocenters. The third-order valence-electron chi connectivity index (χ3n) is 6.00. The van der Waals surface area contributed by atoms with Crippen LogP contribution in [0.5, 0.6) is 0 Å². The van der Waals surface area contributed by atoms with Gasteiger partial charge in [0.15, 0.2) is 5.11 Å². The molecule has 0 radical (unpaired) electrons. The molecule has 0 aliphatic heterocycles. The normalized spacial score (nSPS) is 12.2. The summed E-state index contributed by atoms with van der Waals surface area (Å²) in [5, 5.41) is 9.34. The van der Waals surface area contributed by atoms with E-state index < -0.39 is 9.96 Å². The van der Waals surface area contributed by atoms with E-state index in [0.717, 1.165) is 19.3 Å². The van der Waals surface area contributed by atoms with Gasteiger partial charge in [-0.3, -0.25) is 4.79 Å². The minimum atomic E-state index is -1.77. The van der Waals surface area contributed by atoms with Gasteiger partial charge >= 0.3 is 0 Å². The van der Waals surface area contributed by atoms with Gasteiger partial charge in [0.2, 0.25) is 9.70 Å². The Morgan fingerprint density at radius 1 is 0.833 bits per heavy atom. The van der Waals surface area contributed by atoms with E-state index >= 15 is 0 Å². The molecule has 0 aliphatic carbocycles. The maximum Gasteiger partial charge on any atom is 0.228 e. The number of anilines is 1. The molecule has 0 saturated carbocycles. The average molecular weight is 600 g/mol. The van der Waals surface area contributed by atoms with Gasteiger partial charge in [-0.2, -0.15) is 0 Å². The molecule has 206 valence electrons. The second-order valence-electron chi connectivity index (χ2n) is 9.35. The van der Waals surface area contributed by atoms with Crippen molar-refractivity contribution in [1.29, 1.82) is 0 Å². The van der Waals surface area contributed by atoms with E-state index in [0.29, 0.717) is 17.1 Å². The number of halogens is 4. The molecule has 0 fully saturated rings. The highest BCUT2D eigenvalue weighted by Gasteiger charge is 2.34. The number of unbranched alkanes of at least 4 members (excludes halogenated alkanes) is 14. The van der Waals surface area contributed by atoms with Crippen molar-refractivity contribution >= 4 is 75.3 Å². The highest BCUT2D eigenvalue weighted by atomic mass is 35.6. The van der Waals surface area contributed by atoms with E-state index in [2.05, 4.69) is 22.9 Å². The lowest BCUT2D eigenvalue weighted by Gasteiger charge is -2.27. The van der Waals surface area contributed by atoms with Crippen LogP contribution in [-0.4, -0.2) is 21.0 Å². The molecule has 4 nitrogen and oxygen atoms in total. The number of amides is 1. The first-order chi connectivity index (χ1) is 17.2. The van der Waals surface area contributed by atoms with Gasteiger partial charge in [-0.15, -0.1) is 0 Å². The average Bonchev–Trinajstić information content (AvgIpc) is 2.80. The number of rotatable bonds is 19. The Balaban J connectivity index is 2.12. The van der Waals surface area contributed by atoms with Crippen LogP contribution in [0.3, 0.4) is 0 Å². The van der Waals surface area contributed by atoms with Crippen LogP contribution in [0, 0.1) is 0 Å². The van der Waals surface area contributed by atoms with Crippen LogP contribution in [0.25, 0.3) is 0 Å². The number of hydrogen-bond donors (Lipinski definition) is 3. The summed E-state index contributed by atoms with van der Waals surface area (Å²) in [6.07, 6.45) is 18.6. The van der Waals surface area contributed by atoms with Crippen molar-refractivity contribution in [2.45, 2.75) is 120 Å². The van der Waals surface area contributed by atoms with Crippen LogP contribution < -0.4 is 16.0 Å². The molecule has 36 heavy (non-hydrogen) atoms. The van der Waals surface area contributed by atoms with Crippen molar-refractivity contribution < 1.29 is 4.79 Å². The Hall–Kier alpha value is -0.460. The quantitative estimate of drug-likeness (QED) is 0.0642. The lowest BCUT2D eigenvalue weighted by atomic mass is 10.0. The van der Waals surface area contributed by atoms with E-state index in [-0.39, 0.29) is 11.0 Å². The number of carbonyl (C=O) groups is 1. The van der Waals surface area contributed by atoms with Crippen molar-refractivity contribution in [2.75, 3.05) is 5.32 Å². The first-order valence-electron chi connectivity index (χ1n) is 13.4. The number of alkyl halides is 3. The van der Waals surface area contributed by atoms with Crippen LogP contribution >= 0.6 is 58.6 Å². The predicted molar refractivity (Wildman–Crippen MR) is 163 cm³/mol. The standard InChI is InChI=1S/C27H43Cl4N3OS/c1-2-3-4-5-6-7-8-9-10-11-12-13-14-15-16-20-24(35)33-25(27(29,30)31)34-26(36)32-23-19-17-18-22(28)21-23/h17-19,21,25H,2-16,20H2,1H3,(H,33,35)(H2,32,34,36)/t25-/m0/s1. The minimum absolute atomic E-state index is 0.181. The van der Waals surface area contributed by atoms with Gasteiger partial charge in [-0.25, -0.2) is 0 Å². The summed E-state index contributed by atoms with van der Waals surface area (Å²) in [6.45, 7) is 2.26. The molecule has 1 amide bonds. The molecule has 0 bridgehead atoms. The number of hydrogen-bond acceptors (Lipinski definition) is 2. The van der Waals surface area contributed by atoms with Gasteiger partial charge in [0.25, 0.3) is 0 Å². The Morgan fingerprint density at radius 3 is 1.81 bits per heavy atom. The van der Waals surface area contributed by atoms with Crippen LogP contribution in [-0.2, 0) is 4.79 Å². The predicted octanol–water partition coefficient (Wildman–Crippen LogP) is 9.70. The molecule has 1 rings (SSSR count). The summed E-state index contributed by atoms with van der Waals surface area (Å²) < 4.78 is -1.77. The Bertz CT molecular complexity index is 746. The Morgan fingerprint density at radius 2 is 1.33 bits per heavy atom. The number of nitrogens with one attached hydrogen (secondary N) is 3. The van der Waals surface area contributed by atoms with Gasteiger partial charge in [-0.1, -0.05) is 149 Å². The van der Waals surface area contributed by atoms with Gasteiger partial charge in [0.1, 0.15) is 6.17 Å². The highest BCUT2D eigenvalue weighted by molar-refractivity contribution is 7.80. The van der Waals surface area contributed by atoms with E-state index in [4.69, 9.17) is 58.6 Å². The fourth-order valence-corrected chi connectivity index (χ4v) is 4.71. The summed E-state index contributed by atoms with van der Waals surface area (Å²) in [6, 6.07) is 7.07. The van der Waals surface area contributed by atoms with Crippen molar-refractivity contribution in [3.63, 3.8) is 0 Å². The summed E-state index contributed by atoms with van der Waals surface area (Å²) in [5.41, 5.74) is 0.687. The van der Waals surface area contributed by atoms with E-state index in [1.165, 1.54) is 77.0 Å². The first kappa shape index (κ1) is 33.6. The summed E-state index contributed by atoms with van der Waals surface area (Å²) in [7, 11) is 0. The molecule has 0 unspecified atom stereocenters. The zero-order chi connectivity index (χ0) is 26.7.